The van der Waals surface area contributed by atoms with Gasteiger partial charge in [-0.05, 0) is 38.3 Å². The molecule has 0 saturated heterocycles. The maximum atomic E-state index is 14.0. The van der Waals surface area contributed by atoms with Gasteiger partial charge in [-0.1, -0.05) is 26.0 Å². The van der Waals surface area contributed by atoms with E-state index in [4.69, 9.17) is 0 Å². The molecule has 1 rings (SSSR count). The van der Waals surface area contributed by atoms with Gasteiger partial charge in [0.15, 0.2) is 0 Å². The maximum absolute atomic E-state index is 14.0. The molecule has 0 aliphatic rings. The fraction of sp³-hybridized carbons (Fsp3) is 0.533. The van der Waals surface area contributed by atoms with Crippen molar-refractivity contribution in [1.82, 2.24) is 4.90 Å². The van der Waals surface area contributed by atoms with E-state index in [9.17, 15) is 9.18 Å². The molecule has 0 unspecified atom stereocenters. The van der Waals surface area contributed by atoms with Crippen molar-refractivity contribution in [3.05, 3.63) is 35.1 Å². The molecule has 0 N–H and O–H groups in total. The monoisotopic (exact) mass is 251 g/mol. The van der Waals surface area contributed by atoms with Crippen molar-refractivity contribution < 1.29 is 9.18 Å². The second-order valence-corrected chi connectivity index (χ2v) is 5.38. The smallest absolute Gasteiger partial charge is 0.257 e. The summed E-state index contributed by atoms with van der Waals surface area (Å²) in [6, 6.07) is 5.02. The van der Waals surface area contributed by atoms with Gasteiger partial charge in [0, 0.05) is 12.6 Å². The molecule has 0 spiro atoms. The first-order chi connectivity index (χ1) is 8.34. The number of carbonyl (C=O) groups is 1. The Bertz CT molecular complexity index is 427. The molecule has 0 heterocycles. The van der Waals surface area contributed by atoms with E-state index in [1.807, 2.05) is 13.8 Å². The molecule has 0 radical (unpaired) electrons. The molecule has 1 aromatic carbocycles. The van der Waals surface area contributed by atoms with Crippen LogP contribution in [0.3, 0.4) is 0 Å². The van der Waals surface area contributed by atoms with Crippen molar-refractivity contribution in [2.24, 2.45) is 5.92 Å². The number of nitrogens with zero attached hydrogens (tertiary/aromatic N) is 1. The van der Waals surface area contributed by atoms with E-state index in [0.29, 0.717) is 18.0 Å². The van der Waals surface area contributed by atoms with E-state index in [1.165, 1.54) is 0 Å². The molecular weight excluding hydrogens is 229 g/mol. The van der Waals surface area contributed by atoms with E-state index in [1.54, 1.807) is 30.0 Å². The van der Waals surface area contributed by atoms with Gasteiger partial charge in [0.2, 0.25) is 0 Å². The highest BCUT2D eigenvalue weighted by atomic mass is 19.1. The predicted molar refractivity (Wildman–Crippen MR) is 72.1 cm³/mol. The SMILES string of the molecule is Cc1cccc(C(=O)N(CC(C)C)C(C)C)c1F. The minimum Gasteiger partial charge on any atom is -0.336 e. The molecule has 3 heteroatoms. The number of amides is 1. The zero-order chi connectivity index (χ0) is 13.9. The van der Waals surface area contributed by atoms with Crippen LogP contribution in [-0.4, -0.2) is 23.4 Å². The predicted octanol–water partition coefficient (Wildman–Crippen LogP) is 3.64. The standard InChI is InChI=1S/C15H22FNO/c1-10(2)9-17(11(3)4)15(18)13-8-6-7-12(5)14(13)16/h6-8,10-11H,9H2,1-5H3. The van der Waals surface area contributed by atoms with E-state index in [0.717, 1.165) is 0 Å². The third-order valence-corrected chi connectivity index (χ3v) is 2.87. The Labute approximate surface area is 109 Å². The molecule has 1 amide bonds. The summed E-state index contributed by atoms with van der Waals surface area (Å²) in [6.07, 6.45) is 0. The number of aryl methyl sites for hydroxylation is 1. The summed E-state index contributed by atoms with van der Waals surface area (Å²) in [6.45, 7) is 10.3. The third kappa shape index (κ3) is 3.31. The lowest BCUT2D eigenvalue weighted by Crippen LogP contribution is -2.40. The highest BCUT2D eigenvalue weighted by molar-refractivity contribution is 5.94. The van der Waals surface area contributed by atoms with Crippen LogP contribution in [0, 0.1) is 18.7 Å². The maximum Gasteiger partial charge on any atom is 0.257 e. The Balaban J connectivity index is 3.06. The summed E-state index contributed by atoms with van der Waals surface area (Å²) in [5, 5.41) is 0. The highest BCUT2D eigenvalue weighted by Gasteiger charge is 2.22. The Morgan fingerprint density at radius 2 is 1.89 bits per heavy atom. The average molecular weight is 251 g/mol. The summed E-state index contributed by atoms with van der Waals surface area (Å²) in [5.41, 5.74) is 0.679. The lowest BCUT2D eigenvalue weighted by molar-refractivity contribution is 0.0677. The Morgan fingerprint density at radius 3 is 2.39 bits per heavy atom. The molecule has 0 aromatic heterocycles. The summed E-state index contributed by atoms with van der Waals surface area (Å²) in [4.78, 5) is 14.1. The fourth-order valence-corrected chi connectivity index (χ4v) is 1.89. The van der Waals surface area contributed by atoms with Crippen LogP contribution in [-0.2, 0) is 0 Å². The molecule has 0 saturated carbocycles. The lowest BCUT2D eigenvalue weighted by Gasteiger charge is -2.28. The zero-order valence-electron chi connectivity index (χ0n) is 11.8. The van der Waals surface area contributed by atoms with Crippen LogP contribution in [0.2, 0.25) is 0 Å². The van der Waals surface area contributed by atoms with Crippen LogP contribution in [0.5, 0.6) is 0 Å². The summed E-state index contributed by atoms with van der Waals surface area (Å²) < 4.78 is 14.0. The molecule has 18 heavy (non-hydrogen) atoms. The molecule has 100 valence electrons. The summed E-state index contributed by atoms with van der Waals surface area (Å²) >= 11 is 0. The minimum atomic E-state index is -0.406. The van der Waals surface area contributed by atoms with Gasteiger partial charge in [0.25, 0.3) is 5.91 Å². The first-order valence-corrected chi connectivity index (χ1v) is 6.40. The molecular formula is C15H22FNO. The Hall–Kier alpha value is -1.38. The number of halogens is 1. The van der Waals surface area contributed by atoms with Crippen LogP contribution in [0.1, 0.15) is 43.6 Å². The van der Waals surface area contributed by atoms with Crippen LogP contribution < -0.4 is 0 Å². The molecule has 0 aliphatic carbocycles. The molecule has 0 atom stereocenters. The average Bonchev–Trinajstić information content (AvgIpc) is 2.28. The molecule has 1 aromatic rings. The zero-order valence-corrected chi connectivity index (χ0v) is 11.8. The first-order valence-electron chi connectivity index (χ1n) is 6.40. The second-order valence-electron chi connectivity index (χ2n) is 5.38. The fourth-order valence-electron chi connectivity index (χ4n) is 1.89. The van der Waals surface area contributed by atoms with Crippen LogP contribution in [0.15, 0.2) is 18.2 Å². The highest BCUT2D eigenvalue weighted by Crippen LogP contribution is 2.16. The third-order valence-electron chi connectivity index (χ3n) is 2.87. The van der Waals surface area contributed by atoms with E-state index >= 15 is 0 Å². The topological polar surface area (TPSA) is 20.3 Å². The van der Waals surface area contributed by atoms with Crippen molar-refractivity contribution in [2.75, 3.05) is 6.54 Å². The van der Waals surface area contributed by atoms with Gasteiger partial charge in [0.05, 0.1) is 5.56 Å². The number of carbonyl (C=O) groups excluding carboxylic acids is 1. The van der Waals surface area contributed by atoms with Gasteiger partial charge < -0.3 is 4.90 Å². The number of rotatable bonds is 4. The first kappa shape index (κ1) is 14.7. The molecule has 0 aliphatic heterocycles. The molecule has 0 fully saturated rings. The number of hydrogen-bond donors (Lipinski definition) is 0. The van der Waals surface area contributed by atoms with Crippen molar-refractivity contribution in [3.63, 3.8) is 0 Å². The van der Waals surface area contributed by atoms with Gasteiger partial charge in [-0.15, -0.1) is 0 Å². The van der Waals surface area contributed by atoms with Crippen LogP contribution in [0.25, 0.3) is 0 Å². The van der Waals surface area contributed by atoms with Gasteiger partial charge in [0.1, 0.15) is 5.82 Å². The van der Waals surface area contributed by atoms with Crippen molar-refractivity contribution in [1.29, 1.82) is 0 Å². The Morgan fingerprint density at radius 1 is 1.28 bits per heavy atom. The molecule has 2 nitrogen and oxygen atoms in total. The van der Waals surface area contributed by atoms with Crippen molar-refractivity contribution in [2.45, 2.75) is 40.7 Å². The summed E-state index contributed by atoms with van der Waals surface area (Å²) in [7, 11) is 0. The number of hydrogen-bond acceptors (Lipinski definition) is 1. The summed E-state index contributed by atoms with van der Waals surface area (Å²) in [5.74, 6) is -0.263. The van der Waals surface area contributed by atoms with Gasteiger partial charge in [-0.2, -0.15) is 0 Å². The van der Waals surface area contributed by atoms with E-state index < -0.39 is 5.82 Å². The van der Waals surface area contributed by atoms with Gasteiger partial charge in [-0.3, -0.25) is 4.79 Å². The van der Waals surface area contributed by atoms with Crippen LogP contribution in [0.4, 0.5) is 4.39 Å². The normalized spacial score (nSPS) is 11.1. The van der Waals surface area contributed by atoms with Crippen molar-refractivity contribution in [3.8, 4) is 0 Å². The van der Waals surface area contributed by atoms with Gasteiger partial charge >= 0.3 is 0 Å². The second kappa shape index (κ2) is 5.98. The van der Waals surface area contributed by atoms with Crippen LogP contribution >= 0.6 is 0 Å². The quantitative estimate of drug-likeness (QED) is 0.800. The van der Waals surface area contributed by atoms with E-state index in [2.05, 4.69) is 13.8 Å². The minimum absolute atomic E-state index is 0.0693. The van der Waals surface area contributed by atoms with E-state index in [-0.39, 0.29) is 17.5 Å². The number of benzene rings is 1. The van der Waals surface area contributed by atoms with Gasteiger partial charge in [-0.25, -0.2) is 4.39 Å². The molecule has 0 bridgehead atoms. The lowest BCUT2D eigenvalue weighted by atomic mass is 10.1. The Kier molecular flexibility index (Phi) is 4.88. The largest absolute Gasteiger partial charge is 0.336 e. The van der Waals surface area contributed by atoms with Crippen molar-refractivity contribution >= 4 is 5.91 Å².